The van der Waals surface area contributed by atoms with Crippen molar-refractivity contribution in [3.8, 4) is 11.1 Å². The van der Waals surface area contributed by atoms with Crippen LogP contribution in [0.25, 0.3) is 11.1 Å². The second-order valence-corrected chi connectivity index (χ2v) is 8.59. The Morgan fingerprint density at radius 1 is 1.00 bits per heavy atom. The standard InChI is InChI=1S/C23H22N2O2S/c26-21(14-28-23-25-24-22(27-23)15-6-2-1-3-7-15)18-11-10-17-12-16-8-4-5-9-19(16)20(17)13-18/h4-5,8-11,13,15H,1-3,6-7,12,14H2. The largest absolute Gasteiger partial charge is 0.416 e. The first kappa shape index (κ1) is 17.7. The molecule has 0 saturated heterocycles. The quantitative estimate of drug-likeness (QED) is 0.325. The summed E-state index contributed by atoms with van der Waals surface area (Å²) in [6, 6.07) is 14.5. The monoisotopic (exact) mass is 390 g/mol. The fraction of sp³-hybridized carbons (Fsp3) is 0.348. The first-order valence-electron chi connectivity index (χ1n) is 9.98. The maximum absolute atomic E-state index is 12.7. The number of ketones is 1. The molecule has 0 aliphatic heterocycles. The minimum absolute atomic E-state index is 0.0922. The predicted octanol–water partition coefficient (Wildman–Crippen LogP) is 5.66. The molecule has 0 unspecified atom stereocenters. The minimum Gasteiger partial charge on any atom is -0.416 e. The highest BCUT2D eigenvalue weighted by Crippen LogP contribution is 2.37. The van der Waals surface area contributed by atoms with Crippen molar-refractivity contribution in [2.45, 2.75) is 49.7 Å². The molecule has 0 radical (unpaired) electrons. The molecule has 1 aromatic heterocycles. The zero-order valence-corrected chi connectivity index (χ0v) is 16.5. The van der Waals surface area contributed by atoms with Crippen molar-refractivity contribution in [3.05, 3.63) is 65.0 Å². The molecule has 5 rings (SSSR count). The third-order valence-corrected chi connectivity index (χ3v) is 6.64. The van der Waals surface area contributed by atoms with E-state index in [4.69, 9.17) is 4.42 Å². The zero-order valence-electron chi connectivity index (χ0n) is 15.7. The van der Waals surface area contributed by atoms with Gasteiger partial charge in [0.2, 0.25) is 5.89 Å². The normalized spacial score (nSPS) is 16.0. The van der Waals surface area contributed by atoms with Gasteiger partial charge in [-0.1, -0.05) is 67.4 Å². The average molecular weight is 391 g/mol. The van der Waals surface area contributed by atoms with Crippen molar-refractivity contribution in [2.24, 2.45) is 0 Å². The van der Waals surface area contributed by atoms with Gasteiger partial charge in [0.15, 0.2) is 5.78 Å². The number of rotatable bonds is 5. The number of thioether (sulfide) groups is 1. The lowest BCUT2D eigenvalue weighted by Gasteiger charge is -2.17. The van der Waals surface area contributed by atoms with Crippen LogP contribution >= 0.6 is 11.8 Å². The highest BCUT2D eigenvalue weighted by atomic mass is 32.2. The molecule has 2 aliphatic rings. The smallest absolute Gasteiger partial charge is 0.277 e. The van der Waals surface area contributed by atoms with Gasteiger partial charge in [-0.25, -0.2) is 0 Å². The van der Waals surface area contributed by atoms with E-state index in [0.29, 0.717) is 16.9 Å². The number of carbonyl (C=O) groups is 1. The lowest BCUT2D eigenvalue weighted by atomic mass is 9.89. The number of benzene rings is 2. The molecule has 0 N–H and O–H groups in total. The third kappa shape index (κ3) is 3.39. The maximum Gasteiger partial charge on any atom is 0.277 e. The van der Waals surface area contributed by atoms with E-state index in [1.807, 2.05) is 12.1 Å². The van der Waals surface area contributed by atoms with Crippen LogP contribution in [0.5, 0.6) is 0 Å². The van der Waals surface area contributed by atoms with Gasteiger partial charge in [0.05, 0.1) is 5.75 Å². The third-order valence-electron chi connectivity index (χ3n) is 5.82. The summed E-state index contributed by atoms with van der Waals surface area (Å²) in [6.45, 7) is 0. The Kier molecular flexibility index (Phi) is 4.77. The molecule has 4 nitrogen and oxygen atoms in total. The molecule has 1 fully saturated rings. The first-order chi connectivity index (χ1) is 13.8. The second-order valence-electron chi connectivity index (χ2n) is 7.66. The zero-order chi connectivity index (χ0) is 18.9. The fourth-order valence-electron chi connectivity index (χ4n) is 4.30. The van der Waals surface area contributed by atoms with E-state index >= 15 is 0 Å². The van der Waals surface area contributed by atoms with Gasteiger partial charge in [0.1, 0.15) is 0 Å². The lowest BCUT2D eigenvalue weighted by Crippen LogP contribution is -2.04. The number of fused-ring (bicyclic) bond motifs is 3. The molecule has 0 amide bonds. The highest BCUT2D eigenvalue weighted by Gasteiger charge is 2.22. The van der Waals surface area contributed by atoms with Crippen LogP contribution in [-0.2, 0) is 6.42 Å². The maximum atomic E-state index is 12.7. The molecule has 2 aromatic carbocycles. The summed E-state index contributed by atoms with van der Waals surface area (Å²) in [7, 11) is 0. The molecule has 1 saturated carbocycles. The van der Waals surface area contributed by atoms with E-state index in [9.17, 15) is 4.79 Å². The second kappa shape index (κ2) is 7.55. The molecule has 0 bridgehead atoms. The Balaban J connectivity index is 1.27. The first-order valence-corrected chi connectivity index (χ1v) is 11.0. The molecule has 2 aliphatic carbocycles. The van der Waals surface area contributed by atoms with E-state index in [1.165, 1.54) is 53.3 Å². The SMILES string of the molecule is O=C(CSc1nnc(C2CCCCC2)o1)c1ccc2c(c1)-c1ccccc1C2. The van der Waals surface area contributed by atoms with Crippen LogP contribution in [0.4, 0.5) is 0 Å². The molecule has 5 heteroatoms. The van der Waals surface area contributed by atoms with Gasteiger partial charge in [-0.05, 0) is 47.6 Å². The summed E-state index contributed by atoms with van der Waals surface area (Å²) in [5.41, 5.74) is 5.80. The number of nitrogens with zero attached hydrogens (tertiary/aromatic N) is 2. The fourth-order valence-corrected chi connectivity index (χ4v) is 4.97. The van der Waals surface area contributed by atoms with Crippen molar-refractivity contribution < 1.29 is 9.21 Å². The average Bonchev–Trinajstić information content (AvgIpc) is 3.37. The Morgan fingerprint density at radius 2 is 1.82 bits per heavy atom. The number of hydrogen-bond acceptors (Lipinski definition) is 5. The summed E-state index contributed by atoms with van der Waals surface area (Å²) in [6.07, 6.45) is 6.96. The Morgan fingerprint density at radius 3 is 2.71 bits per heavy atom. The number of hydrogen-bond donors (Lipinski definition) is 0. The molecular weight excluding hydrogens is 368 g/mol. The van der Waals surface area contributed by atoms with E-state index in [0.717, 1.165) is 30.7 Å². The summed E-state index contributed by atoms with van der Waals surface area (Å²) in [5, 5.41) is 8.85. The van der Waals surface area contributed by atoms with Crippen LogP contribution in [0.3, 0.4) is 0 Å². The topological polar surface area (TPSA) is 56.0 Å². The molecule has 28 heavy (non-hydrogen) atoms. The van der Waals surface area contributed by atoms with Crippen LogP contribution in [0.2, 0.25) is 0 Å². The Bertz CT molecular complexity index is 1020. The summed E-state index contributed by atoms with van der Waals surface area (Å²) in [5.74, 6) is 1.54. The van der Waals surface area contributed by atoms with Crippen molar-refractivity contribution >= 4 is 17.5 Å². The van der Waals surface area contributed by atoms with Crippen LogP contribution in [0, 0.1) is 0 Å². The van der Waals surface area contributed by atoms with Gasteiger partial charge in [-0.15, -0.1) is 10.2 Å². The molecular formula is C23H22N2O2S. The molecule has 3 aromatic rings. The Labute approximate surface area is 168 Å². The van der Waals surface area contributed by atoms with E-state index in [1.54, 1.807) is 0 Å². The van der Waals surface area contributed by atoms with Gasteiger partial charge in [0.25, 0.3) is 5.22 Å². The van der Waals surface area contributed by atoms with Crippen LogP contribution in [-0.4, -0.2) is 21.7 Å². The van der Waals surface area contributed by atoms with Gasteiger partial charge >= 0.3 is 0 Å². The minimum atomic E-state index is 0.0922. The van der Waals surface area contributed by atoms with Crippen LogP contribution < -0.4 is 0 Å². The van der Waals surface area contributed by atoms with Crippen LogP contribution in [0.15, 0.2) is 52.1 Å². The van der Waals surface area contributed by atoms with Gasteiger partial charge in [-0.3, -0.25) is 4.79 Å². The van der Waals surface area contributed by atoms with Crippen molar-refractivity contribution in [3.63, 3.8) is 0 Å². The van der Waals surface area contributed by atoms with Gasteiger partial charge < -0.3 is 4.42 Å². The lowest BCUT2D eigenvalue weighted by molar-refractivity contribution is 0.102. The molecule has 142 valence electrons. The van der Waals surface area contributed by atoms with Crippen molar-refractivity contribution in [2.75, 3.05) is 5.75 Å². The number of aromatic nitrogens is 2. The summed E-state index contributed by atoms with van der Waals surface area (Å²) in [4.78, 5) is 12.7. The molecule has 1 heterocycles. The van der Waals surface area contributed by atoms with Gasteiger partial charge in [-0.2, -0.15) is 0 Å². The highest BCUT2D eigenvalue weighted by molar-refractivity contribution is 7.99. The number of carbonyl (C=O) groups excluding carboxylic acids is 1. The van der Waals surface area contributed by atoms with E-state index < -0.39 is 0 Å². The van der Waals surface area contributed by atoms with Crippen LogP contribution in [0.1, 0.15) is 65.4 Å². The number of Topliss-reactive ketones (excluding diaryl/α,β-unsaturated/α-hetero) is 1. The van der Waals surface area contributed by atoms with Crippen molar-refractivity contribution in [1.29, 1.82) is 0 Å². The molecule has 0 atom stereocenters. The Hall–Kier alpha value is -2.40. The summed E-state index contributed by atoms with van der Waals surface area (Å²) >= 11 is 1.34. The van der Waals surface area contributed by atoms with Crippen molar-refractivity contribution in [1.82, 2.24) is 10.2 Å². The van der Waals surface area contributed by atoms with E-state index in [2.05, 4.69) is 40.5 Å². The van der Waals surface area contributed by atoms with E-state index in [-0.39, 0.29) is 5.78 Å². The van der Waals surface area contributed by atoms with Gasteiger partial charge in [0, 0.05) is 11.5 Å². The molecule has 0 spiro atoms. The summed E-state index contributed by atoms with van der Waals surface area (Å²) < 4.78 is 5.82. The predicted molar refractivity (Wildman–Crippen MR) is 110 cm³/mol.